The number of H-pyrrole nitrogens is 1. The van der Waals surface area contributed by atoms with Gasteiger partial charge in [-0.05, 0) is 24.3 Å². The number of imidazole rings is 1. The maximum atomic E-state index is 11.1. The van der Waals surface area contributed by atoms with Gasteiger partial charge in [0.25, 0.3) is 0 Å². The number of rotatable bonds is 4. The van der Waals surface area contributed by atoms with Crippen LogP contribution in [0.25, 0.3) is 11.3 Å². The monoisotopic (exact) mass is 316 g/mol. The molecule has 0 aliphatic carbocycles. The van der Waals surface area contributed by atoms with E-state index in [1.807, 2.05) is 0 Å². The minimum atomic E-state index is -4.23. The summed E-state index contributed by atoms with van der Waals surface area (Å²) in [5, 5.41) is 0.301. The number of nitrogens with two attached hydrogens (primary N) is 1. The number of benzene rings is 1. The molecule has 0 saturated carbocycles. The van der Waals surface area contributed by atoms with E-state index in [4.69, 9.17) is 15.0 Å². The largest absolute Gasteiger partial charge is 0.497 e. The van der Waals surface area contributed by atoms with Crippen molar-refractivity contribution in [3.8, 4) is 17.0 Å². The number of aromatic amines is 1. The number of nitrogens with one attached hydrogen (secondary N) is 1. The molecule has 4 N–H and O–H groups in total. The lowest BCUT2D eigenvalue weighted by molar-refractivity contribution is -0.691. The Morgan fingerprint density at radius 1 is 1.35 bits per heavy atom. The molecule has 0 fully saturated rings. The highest BCUT2D eigenvalue weighted by Gasteiger charge is 2.25. The molecule has 2 rings (SSSR count). The molecule has 0 spiro atoms. The Kier molecular flexibility index (Phi) is 3.93. The average Bonchev–Trinajstić information content (AvgIpc) is 2.65. The maximum absolute atomic E-state index is 11.1. The van der Waals surface area contributed by atoms with E-state index in [2.05, 4.69) is 4.98 Å². The summed E-state index contributed by atoms with van der Waals surface area (Å²) in [4.78, 5) is 2.89. The van der Waals surface area contributed by atoms with Crippen molar-refractivity contribution in [1.29, 1.82) is 0 Å². The van der Waals surface area contributed by atoms with Crippen LogP contribution in [0.2, 0.25) is 0 Å². The maximum Gasteiger partial charge on any atom is 0.353 e. The highest BCUT2D eigenvalue weighted by molar-refractivity contribution is 8.69. The number of hydrogen-bond acceptors (Lipinski definition) is 5. The fourth-order valence-electron chi connectivity index (χ4n) is 1.69. The van der Waals surface area contributed by atoms with E-state index in [-0.39, 0.29) is 5.95 Å². The molecule has 0 saturated heterocycles. The molecule has 1 aromatic carbocycles. The number of nitrogens with zero attached hydrogens (tertiary/aromatic N) is 1. The summed E-state index contributed by atoms with van der Waals surface area (Å²) in [5.74, 6) is 0.962. The van der Waals surface area contributed by atoms with Crippen LogP contribution in [-0.4, -0.2) is 25.1 Å². The standard InChI is InChI=1S/C11H13N3O4S2/c1-14-10(19-20(15,16)17)9(13-11(14)12)7-3-5-8(18-2)6-4-7/h3-6H,1-2H3,(H3,12,13,15,16,17)/p+1. The molecule has 0 aliphatic rings. The van der Waals surface area contributed by atoms with Gasteiger partial charge in [-0.25, -0.2) is 9.55 Å². The SMILES string of the molecule is COc1ccc(-c2[nH]c(N)[n+](C)c2SS(=O)(=O)O)cc1. The Labute approximate surface area is 119 Å². The molecule has 0 radical (unpaired) electrons. The molecular weight excluding hydrogens is 302 g/mol. The van der Waals surface area contributed by atoms with E-state index in [0.717, 1.165) is 5.56 Å². The average molecular weight is 316 g/mol. The molecule has 0 bridgehead atoms. The van der Waals surface area contributed by atoms with Gasteiger partial charge >= 0.3 is 15.1 Å². The normalized spacial score (nSPS) is 11.6. The molecule has 0 amide bonds. The first kappa shape index (κ1) is 14.7. The van der Waals surface area contributed by atoms with Crippen LogP contribution in [0.1, 0.15) is 0 Å². The predicted molar refractivity (Wildman–Crippen MR) is 75.8 cm³/mol. The van der Waals surface area contributed by atoms with Crippen molar-refractivity contribution in [3.05, 3.63) is 24.3 Å². The van der Waals surface area contributed by atoms with Gasteiger partial charge in [0.1, 0.15) is 5.75 Å². The summed E-state index contributed by atoms with van der Waals surface area (Å²) in [6, 6.07) is 7.01. The Bertz CT molecular complexity index is 723. The van der Waals surface area contributed by atoms with Crippen LogP contribution in [0.15, 0.2) is 29.3 Å². The van der Waals surface area contributed by atoms with Crippen molar-refractivity contribution < 1.29 is 22.3 Å². The Morgan fingerprint density at radius 3 is 2.45 bits per heavy atom. The van der Waals surface area contributed by atoms with Crippen molar-refractivity contribution in [2.24, 2.45) is 7.05 Å². The van der Waals surface area contributed by atoms with Crippen molar-refractivity contribution >= 4 is 25.9 Å². The summed E-state index contributed by atoms with van der Waals surface area (Å²) in [6.07, 6.45) is 0. The van der Waals surface area contributed by atoms with Gasteiger partial charge in [-0.2, -0.15) is 8.42 Å². The molecule has 0 aliphatic heterocycles. The predicted octanol–water partition coefficient (Wildman–Crippen LogP) is 0.992. The highest BCUT2D eigenvalue weighted by Crippen LogP contribution is 2.32. The van der Waals surface area contributed by atoms with Crippen LogP contribution >= 0.6 is 10.8 Å². The zero-order valence-corrected chi connectivity index (χ0v) is 12.5. The third kappa shape index (κ3) is 3.06. The molecular formula is C11H14N3O4S2+. The minimum absolute atomic E-state index is 0.280. The first-order chi connectivity index (χ1) is 9.31. The van der Waals surface area contributed by atoms with Crippen LogP contribution in [0.4, 0.5) is 5.95 Å². The molecule has 1 heterocycles. The van der Waals surface area contributed by atoms with Crippen LogP contribution in [0, 0.1) is 0 Å². The number of hydrogen-bond donors (Lipinski definition) is 3. The van der Waals surface area contributed by atoms with Crippen LogP contribution in [0.3, 0.4) is 0 Å². The van der Waals surface area contributed by atoms with E-state index < -0.39 is 9.15 Å². The van der Waals surface area contributed by atoms with Crippen molar-refractivity contribution in [2.75, 3.05) is 12.8 Å². The molecule has 108 valence electrons. The van der Waals surface area contributed by atoms with E-state index in [1.54, 1.807) is 38.4 Å². The van der Waals surface area contributed by atoms with Crippen LogP contribution in [-0.2, 0) is 16.2 Å². The summed E-state index contributed by atoms with van der Waals surface area (Å²) >= 11 is 0. The number of nitrogen functional groups attached to an aromatic ring is 1. The molecule has 0 unspecified atom stereocenters. The Balaban J connectivity index is 2.52. The second-order valence-corrected chi connectivity index (χ2v) is 7.16. The van der Waals surface area contributed by atoms with Gasteiger partial charge in [0.15, 0.2) is 10.7 Å². The van der Waals surface area contributed by atoms with Gasteiger partial charge in [0, 0.05) is 5.56 Å². The zero-order valence-electron chi connectivity index (χ0n) is 10.8. The van der Waals surface area contributed by atoms with E-state index >= 15 is 0 Å². The topological polar surface area (TPSA) is 109 Å². The Morgan fingerprint density at radius 2 is 1.95 bits per heavy atom. The Hall–Kier alpha value is -1.71. The molecule has 20 heavy (non-hydrogen) atoms. The molecule has 2 aromatic rings. The molecule has 1 aromatic heterocycles. The second-order valence-electron chi connectivity index (χ2n) is 3.99. The van der Waals surface area contributed by atoms with E-state index in [0.29, 0.717) is 27.3 Å². The summed E-state index contributed by atoms with van der Waals surface area (Å²) < 4.78 is 37.7. The fourth-order valence-corrected chi connectivity index (χ4v) is 3.54. The summed E-state index contributed by atoms with van der Waals surface area (Å²) in [5.41, 5.74) is 6.98. The van der Waals surface area contributed by atoms with Crippen molar-refractivity contribution in [3.63, 3.8) is 0 Å². The number of ether oxygens (including phenoxy) is 1. The van der Waals surface area contributed by atoms with Gasteiger partial charge < -0.3 is 4.74 Å². The number of aromatic nitrogens is 2. The van der Waals surface area contributed by atoms with Crippen LogP contribution < -0.4 is 15.0 Å². The number of methoxy groups -OCH3 is 1. The van der Waals surface area contributed by atoms with Crippen LogP contribution in [0.5, 0.6) is 5.75 Å². The van der Waals surface area contributed by atoms with Gasteiger partial charge in [-0.1, -0.05) is 0 Å². The lowest BCUT2D eigenvalue weighted by Gasteiger charge is -2.02. The fraction of sp³-hybridized carbons (Fsp3) is 0.182. The minimum Gasteiger partial charge on any atom is -0.497 e. The summed E-state index contributed by atoms with van der Waals surface area (Å²) in [6.45, 7) is 0. The molecule has 9 heteroatoms. The quantitative estimate of drug-likeness (QED) is 0.441. The lowest BCUT2D eigenvalue weighted by atomic mass is 10.1. The second kappa shape index (κ2) is 5.35. The van der Waals surface area contributed by atoms with Gasteiger partial charge in [-0.15, -0.1) is 0 Å². The van der Waals surface area contributed by atoms with E-state index in [9.17, 15) is 8.42 Å². The third-order valence-corrected chi connectivity index (χ3v) is 4.65. The summed E-state index contributed by atoms with van der Waals surface area (Å²) in [7, 11) is -0.746. The van der Waals surface area contributed by atoms with Crippen molar-refractivity contribution in [2.45, 2.75) is 5.03 Å². The zero-order chi connectivity index (χ0) is 14.9. The van der Waals surface area contributed by atoms with Gasteiger partial charge in [0.05, 0.1) is 25.0 Å². The first-order valence-electron chi connectivity index (χ1n) is 5.50. The molecule has 0 atom stereocenters. The highest BCUT2D eigenvalue weighted by atomic mass is 33.1. The lowest BCUT2D eigenvalue weighted by Crippen LogP contribution is -2.32. The van der Waals surface area contributed by atoms with Gasteiger partial charge in [0.2, 0.25) is 0 Å². The first-order valence-corrected chi connectivity index (χ1v) is 8.28. The van der Waals surface area contributed by atoms with Crippen molar-refractivity contribution in [1.82, 2.24) is 4.98 Å². The third-order valence-electron chi connectivity index (χ3n) is 2.70. The smallest absolute Gasteiger partial charge is 0.353 e. The molecule has 7 nitrogen and oxygen atoms in total. The van der Waals surface area contributed by atoms with Gasteiger partial charge in [-0.3, -0.25) is 10.3 Å². The van der Waals surface area contributed by atoms with E-state index in [1.165, 1.54) is 4.57 Å². The number of anilines is 1.